The van der Waals surface area contributed by atoms with Crippen LogP contribution in [0.1, 0.15) is 22.2 Å². The molecule has 0 aromatic carbocycles. The summed E-state index contributed by atoms with van der Waals surface area (Å²) in [4.78, 5) is 12.0. The molecule has 3 aromatic rings. The lowest BCUT2D eigenvalue weighted by molar-refractivity contribution is 0.102. The van der Waals surface area contributed by atoms with Crippen LogP contribution in [0.15, 0.2) is 24.4 Å². The van der Waals surface area contributed by atoms with Gasteiger partial charge in [0.05, 0.1) is 31.9 Å². The van der Waals surface area contributed by atoms with Crippen molar-refractivity contribution >= 4 is 38.5 Å². The largest absolute Gasteiger partial charge is 0.396 e. The number of pyridine rings is 1. The van der Waals surface area contributed by atoms with Gasteiger partial charge >= 0.3 is 0 Å². The van der Waals surface area contributed by atoms with Crippen LogP contribution in [0.3, 0.4) is 0 Å². The molecular weight excluding hydrogens is 246 g/mol. The van der Waals surface area contributed by atoms with Crippen LogP contribution in [0.4, 0.5) is 5.69 Å². The van der Waals surface area contributed by atoms with Crippen molar-refractivity contribution in [3.8, 4) is 6.07 Å². The number of hydrogen-bond acceptors (Lipinski definition) is 4. The van der Waals surface area contributed by atoms with Crippen molar-refractivity contribution in [2.45, 2.75) is 6.92 Å². The zero-order valence-corrected chi connectivity index (χ0v) is 10.4. The second kappa shape index (κ2) is 3.59. The first kappa shape index (κ1) is 10.8. The molecule has 2 N–H and O–H groups in total. The van der Waals surface area contributed by atoms with E-state index >= 15 is 0 Å². The minimum absolute atomic E-state index is 0.0673. The average molecular weight is 255 g/mol. The smallest absolute Gasteiger partial charge is 0.171 e. The molecule has 0 aliphatic rings. The normalized spacial score (nSPS) is 10.9. The standard InChI is InChI=1S/C13H9N3OS/c1-7(17)12-10(15)11-13(18-12)8(6-14)9-4-2-3-5-16(9)11/h2-5H,15H2,1H3. The third-order valence-corrected chi connectivity index (χ3v) is 4.25. The summed E-state index contributed by atoms with van der Waals surface area (Å²) in [6.45, 7) is 1.49. The van der Waals surface area contributed by atoms with E-state index in [0.717, 1.165) is 15.7 Å². The summed E-state index contributed by atoms with van der Waals surface area (Å²) in [5.41, 5.74) is 8.66. The Kier molecular flexibility index (Phi) is 2.15. The van der Waals surface area contributed by atoms with Crippen molar-refractivity contribution in [1.29, 1.82) is 5.26 Å². The van der Waals surface area contributed by atoms with E-state index in [4.69, 9.17) is 5.73 Å². The number of carbonyl (C=O) groups excluding carboxylic acids is 1. The summed E-state index contributed by atoms with van der Waals surface area (Å²) in [5, 5.41) is 9.28. The van der Waals surface area contributed by atoms with Crippen LogP contribution >= 0.6 is 11.3 Å². The maximum absolute atomic E-state index is 11.5. The molecule has 0 atom stereocenters. The summed E-state index contributed by atoms with van der Waals surface area (Å²) in [6, 6.07) is 7.82. The quantitative estimate of drug-likeness (QED) is 0.679. The van der Waals surface area contributed by atoms with Gasteiger partial charge in [-0.25, -0.2) is 0 Å². The van der Waals surface area contributed by atoms with Gasteiger partial charge in [-0.05, 0) is 12.1 Å². The van der Waals surface area contributed by atoms with Gasteiger partial charge in [0.2, 0.25) is 0 Å². The molecule has 3 aromatic heterocycles. The van der Waals surface area contributed by atoms with E-state index < -0.39 is 0 Å². The van der Waals surface area contributed by atoms with Gasteiger partial charge in [0, 0.05) is 13.1 Å². The van der Waals surface area contributed by atoms with Crippen LogP contribution in [0, 0.1) is 11.3 Å². The molecule has 0 unspecified atom stereocenters. The first-order chi connectivity index (χ1) is 8.65. The molecule has 0 amide bonds. The van der Waals surface area contributed by atoms with Crippen molar-refractivity contribution in [2.24, 2.45) is 0 Å². The lowest BCUT2D eigenvalue weighted by Gasteiger charge is -1.97. The molecular formula is C13H9N3OS. The summed E-state index contributed by atoms with van der Waals surface area (Å²) >= 11 is 1.29. The van der Waals surface area contributed by atoms with E-state index in [2.05, 4.69) is 6.07 Å². The van der Waals surface area contributed by atoms with Crippen LogP contribution in [0.25, 0.3) is 15.7 Å². The number of nitrogens with two attached hydrogens (primary N) is 1. The van der Waals surface area contributed by atoms with E-state index in [1.54, 1.807) is 0 Å². The van der Waals surface area contributed by atoms with Gasteiger partial charge in [0.15, 0.2) is 5.78 Å². The summed E-state index contributed by atoms with van der Waals surface area (Å²) < 4.78 is 2.65. The Labute approximate surface area is 107 Å². The molecule has 88 valence electrons. The number of nitriles is 1. The van der Waals surface area contributed by atoms with Crippen molar-refractivity contribution in [3.05, 3.63) is 34.8 Å². The van der Waals surface area contributed by atoms with E-state index in [0.29, 0.717) is 16.1 Å². The molecule has 0 aliphatic carbocycles. The number of nitrogens with zero attached hydrogens (tertiary/aromatic N) is 2. The Balaban J connectivity index is 2.60. The molecule has 0 saturated heterocycles. The zero-order chi connectivity index (χ0) is 12.9. The van der Waals surface area contributed by atoms with Crippen molar-refractivity contribution in [1.82, 2.24) is 4.40 Å². The van der Waals surface area contributed by atoms with E-state index in [9.17, 15) is 10.1 Å². The maximum atomic E-state index is 11.5. The maximum Gasteiger partial charge on any atom is 0.171 e. The van der Waals surface area contributed by atoms with Crippen LogP contribution < -0.4 is 5.73 Å². The summed E-state index contributed by atoms with van der Waals surface area (Å²) in [5.74, 6) is -0.0673. The van der Waals surface area contributed by atoms with Crippen LogP contribution in [0.2, 0.25) is 0 Å². The Morgan fingerprint density at radius 3 is 2.94 bits per heavy atom. The number of Topliss-reactive ketones (excluding diaryl/α,β-unsaturated/α-hetero) is 1. The molecule has 0 saturated carbocycles. The summed E-state index contributed by atoms with van der Waals surface area (Å²) in [6.07, 6.45) is 1.85. The number of carbonyl (C=O) groups is 1. The van der Waals surface area contributed by atoms with Crippen molar-refractivity contribution < 1.29 is 4.79 Å². The van der Waals surface area contributed by atoms with E-state index in [1.807, 2.05) is 28.8 Å². The topological polar surface area (TPSA) is 71.3 Å². The number of hydrogen-bond donors (Lipinski definition) is 1. The molecule has 5 heteroatoms. The fourth-order valence-electron chi connectivity index (χ4n) is 2.17. The first-order valence-electron chi connectivity index (χ1n) is 5.37. The highest BCUT2D eigenvalue weighted by molar-refractivity contribution is 7.22. The molecule has 3 rings (SSSR count). The zero-order valence-electron chi connectivity index (χ0n) is 9.60. The number of nitrogen functional groups attached to an aromatic ring is 1. The minimum Gasteiger partial charge on any atom is -0.396 e. The third kappa shape index (κ3) is 1.21. The van der Waals surface area contributed by atoms with Crippen molar-refractivity contribution in [3.63, 3.8) is 0 Å². The Hall–Kier alpha value is -2.32. The number of aromatic nitrogens is 1. The van der Waals surface area contributed by atoms with Crippen molar-refractivity contribution in [2.75, 3.05) is 5.73 Å². The number of anilines is 1. The van der Waals surface area contributed by atoms with Gasteiger partial charge < -0.3 is 10.1 Å². The Morgan fingerprint density at radius 1 is 1.50 bits per heavy atom. The molecule has 4 nitrogen and oxygen atoms in total. The highest BCUT2D eigenvalue weighted by Gasteiger charge is 2.20. The SMILES string of the molecule is CC(=O)c1sc2c(C#N)c3ccccn3c2c1N. The highest BCUT2D eigenvalue weighted by Crippen LogP contribution is 2.39. The second-order valence-electron chi connectivity index (χ2n) is 4.02. The minimum atomic E-state index is -0.0673. The van der Waals surface area contributed by atoms with Gasteiger partial charge in [-0.15, -0.1) is 11.3 Å². The third-order valence-electron chi connectivity index (χ3n) is 2.93. The number of ketones is 1. The molecule has 0 fully saturated rings. The monoisotopic (exact) mass is 255 g/mol. The predicted octanol–water partition coefficient (Wildman–Crippen LogP) is 2.81. The Bertz CT molecular complexity index is 835. The van der Waals surface area contributed by atoms with E-state index in [-0.39, 0.29) is 5.78 Å². The van der Waals surface area contributed by atoms with Gasteiger partial charge in [-0.3, -0.25) is 4.79 Å². The number of rotatable bonds is 1. The van der Waals surface area contributed by atoms with Crippen LogP contribution in [-0.2, 0) is 0 Å². The number of thiophene rings is 1. The molecule has 0 radical (unpaired) electrons. The fourth-order valence-corrected chi connectivity index (χ4v) is 3.28. The fraction of sp³-hybridized carbons (Fsp3) is 0.0769. The van der Waals surface area contributed by atoms with Gasteiger partial charge in [0.1, 0.15) is 6.07 Å². The molecule has 0 aliphatic heterocycles. The molecule has 3 heterocycles. The van der Waals surface area contributed by atoms with Crippen LogP contribution in [-0.4, -0.2) is 10.2 Å². The van der Waals surface area contributed by atoms with Crippen LogP contribution in [0.5, 0.6) is 0 Å². The first-order valence-corrected chi connectivity index (χ1v) is 6.19. The average Bonchev–Trinajstić information content (AvgIpc) is 2.84. The molecule has 0 bridgehead atoms. The lowest BCUT2D eigenvalue weighted by Crippen LogP contribution is -1.95. The lowest BCUT2D eigenvalue weighted by atomic mass is 10.2. The van der Waals surface area contributed by atoms with Gasteiger partial charge in [-0.2, -0.15) is 5.26 Å². The predicted molar refractivity (Wildman–Crippen MR) is 71.9 cm³/mol. The van der Waals surface area contributed by atoms with Gasteiger partial charge in [0.25, 0.3) is 0 Å². The highest BCUT2D eigenvalue weighted by atomic mass is 32.1. The second-order valence-corrected chi connectivity index (χ2v) is 5.04. The van der Waals surface area contributed by atoms with Gasteiger partial charge in [-0.1, -0.05) is 6.07 Å². The van der Waals surface area contributed by atoms with E-state index in [1.165, 1.54) is 18.3 Å². The summed E-state index contributed by atoms with van der Waals surface area (Å²) in [7, 11) is 0. The number of fused-ring (bicyclic) bond motifs is 3. The molecule has 18 heavy (non-hydrogen) atoms. The molecule has 0 spiro atoms. The Morgan fingerprint density at radius 2 is 2.28 bits per heavy atom.